The maximum absolute atomic E-state index is 5.90. The molecule has 2 heteroatoms. The Balaban J connectivity index is 3.85. The van der Waals surface area contributed by atoms with E-state index in [4.69, 9.17) is 10.5 Å². The van der Waals surface area contributed by atoms with Crippen LogP contribution in [0.2, 0.25) is 0 Å². The molecule has 86 valence electrons. The van der Waals surface area contributed by atoms with Gasteiger partial charge in [-0.3, -0.25) is 0 Å². The van der Waals surface area contributed by atoms with Crippen LogP contribution in [0.3, 0.4) is 0 Å². The van der Waals surface area contributed by atoms with Gasteiger partial charge in [0.2, 0.25) is 0 Å². The smallest absolute Gasteiger partial charge is 0.0624 e. The van der Waals surface area contributed by atoms with Crippen molar-refractivity contribution in [1.82, 2.24) is 0 Å². The molecular formula is C12H27NO. The molecule has 0 radical (unpaired) electrons. The Morgan fingerprint density at radius 1 is 1.14 bits per heavy atom. The van der Waals surface area contributed by atoms with E-state index in [1.54, 1.807) is 0 Å². The minimum absolute atomic E-state index is 0.0139. The van der Waals surface area contributed by atoms with Gasteiger partial charge in [0.15, 0.2) is 0 Å². The monoisotopic (exact) mass is 201 g/mol. The van der Waals surface area contributed by atoms with Crippen molar-refractivity contribution in [3.8, 4) is 0 Å². The summed E-state index contributed by atoms with van der Waals surface area (Å²) in [6, 6.07) is 0. The lowest BCUT2D eigenvalue weighted by molar-refractivity contribution is -0.0585. The third-order valence-corrected chi connectivity index (χ3v) is 2.76. The normalized spacial score (nSPS) is 13.3. The number of hydrogen-bond donors (Lipinski definition) is 1. The summed E-state index contributed by atoms with van der Waals surface area (Å²) in [6.07, 6.45) is 3.28. The van der Waals surface area contributed by atoms with Crippen molar-refractivity contribution in [3.05, 3.63) is 0 Å². The second-order valence-electron chi connectivity index (χ2n) is 5.46. The Morgan fingerprint density at radius 3 is 2.14 bits per heavy atom. The van der Waals surface area contributed by atoms with Crippen molar-refractivity contribution in [2.75, 3.05) is 13.2 Å². The molecule has 0 fully saturated rings. The average molecular weight is 201 g/mol. The molecule has 0 aliphatic heterocycles. The van der Waals surface area contributed by atoms with E-state index in [1.165, 1.54) is 0 Å². The highest BCUT2D eigenvalue weighted by Gasteiger charge is 2.23. The molecule has 0 saturated heterocycles. The summed E-state index contributed by atoms with van der Waals surface area (Å²) in [5, 5.41) is 0. The van der Waals surface area contributed by atoms with E-state index < -0.39 is 0 Å². The molecule has 0 aliphatic rings. The fourth-order valence-corrected chi connectivity index (χ4v) is 1.15. The molecule has 0 spiro atoms. The lowest BCUT2D eigenvalue weighted by Gasteiger charge is -2.31. The second-order valence-corrected chi connectivity index (χ2v) is 5.46. The molecule has 0 aliphatic carbocycles. The number of nitrogens with two attached hydrogens (primary N) is 1. The van der Waals surface area contributed by atoms with E-state index in [0.717, 1.165) is 32.4 Å². The van der Waals surface area contributed by atoms with Crippen LogP contribution in [0.1, 0.15) is 53.9 Å². The van der Waals surface area contributed by atoms with Gasteiger partial charge in [0.05, 0.1) is 12.2 Å². The van der Waals surface area contributed by atoms with Gasteiger partial charge in [-0.25, -0.2) is 0 Å². The number of rotatable bonds is 7. The van der Waals surface area contributed by atoms with E-state index in [1.807, 2.05) is 0 Å². The van der Waals surface area contributed by atoms with Crippen LogP contribution in [0.15, 0.2) is 0 Å². The molecule has 2 N–H and O–H groups in total. The standard InChI is InChI=1S/C12H27NO/c1-6-12(4,5)14-10-11(2,3)8-7-9-13/h6-10,13H2,1-5H3. The predicted molar refractivity (Wildman–Crippen MR) is 62.4 cm³/mol. The summed E-state index contributed by atoms with van der Waals surface area (Å²) in [4.78, 5) is 0. The van der Waals surface area contributed by atoms with Crippen LogP contribution in [0.25, 0.3) is 0 Å². The summed E-state index contributed by atoms with van der Waals surface area (Å²) < 4.78 is 5.90. The highest BCUT2D eigenvalue weighted by Crippen LogP contribution is 2.25. The van der Waals surface area contributed by atoms with Gasteiger partial charge in [-0.15, -0.1) is 0 Å². The van der Waals surface area contributed by atoms with E-state index >= 15 is 0 Å². The summed E-state index contributed by atoms with van der Waals surface area (Å²) in [6.45, 7) is 12.5. The zero-order valence-corrected chi connectivity index (χ0v) is 10.5. The lowest BCUT2D eigenvalue weighted by atomic mass is 9.88. The van der Waals surface area contributed by atoms with E-state index in [2.05, 4.69) is 34.6 Å². The first-order valence-electron chi connectivity index (χ1n) is 5.67. The highest BCUT2D eigenvalue weighted by molar-refractivity contribution is 4.72. The molecule has 0 aromatic rings. The molecule has 0 rings (SSSR count). The predicted octanol–water partition coefficient (Wildman–Crippen LogP) is 2.96. The van der Waals surface area contributed by atoms with E-state index in [0.29, 0.717) is 0 Å². The summed E-state index contributed by atoms with van der Waals surface area (Å²) in [5.41, 5.74) is 5.77. The van der Waals surface area contributed by atoms with Crippen molar-refractivity contribution in [3.63, 3.8) is 0 Å². The van der Waals surface area contributed by atoms with Crippen LogP contribution in [0.4, 0.5) is 0 Å². The van der Waals surface area contributed by atoms with Crippen molar-refractivity contribution < 1.29 is 4.74 Å². The van der Waals surface area contributed by atoms with Gasteiger partial charge >= 0.3 is 0 Å². The van der Waals surface area contributed by atoms with Gasteiger partial charge in [-0.05, 0) is 45.1 Å². The van der Waals surface area contributed by atoms with Crippen molar-refractivity contribution in [1.29, 1.82) is 0 Å². The molecule has 0 aromatic carbocycles. The number of hydrogen-bond acceptors (Lipinski definition) is 2. The maximum Gasteiger partial charge on any atom is 0.0624 e. The molecule has 0 amide bonds. The SMILES string of the molecule is CCC(C)(C)OCC(C)(C)CCCN. The molecule has 0 saturated carbocycles. The van der Waals surface area contributed by atoms with Crippen LogP contribution in [-0.2, 0) is 4.74 Å². The molecule has 0 atom stereocenters. The summed E-state index contributed by atoms with van der Waals surface area (Å²) in [5.74, 6) is 0. The van der Waals surface area contributed by atoms with Crippen molar-refractivity contribution in [2.45, 2.75) is 59.5 Å². The Morgan fingerprint density at radius 2 is 1.71 bits per heavy atom. The zero-order valence-electron chi connectivity index (χ0n) is 10.5. The molecule has 14 heavy (non-hydrogen) atoms. The molecule has 0 heterocycles. The first-order chi connectivity index (χ1) is 6.33. The molecule has 0 unspecified atom stereocenters. The molecule has 2 nitrogen and oxygen atoms in total. The first-order valence-corrected chi connectivity index (χ1v) is 5.67. The van der Waals surface area contributed by atoms with Gasteiger partial charge in [0.1, 0.15) is 0 Å². The minimum Gasteiger partial charge on any atom is -0.375 e. The van der Waals surface area contributed by atoms with Crippen LogP contribution >= 0.6 is 0 Å². The maximum atomic E-state index is 5.90. The molecule has 0 aromatic heterocycles. The average Bonchev–Trinajstić information content (AvgIpc) is 2.12. The fourth-order valence-electron chi connectivity index (χ4n) is 1.15. The quantitative estimate of drug-likeness (QED) is 0.687. The van der Waals surface area contributed by atoms with Gasteiger partial charge in [-0.1, -0.05) is 20.8 Å². The van der Waals surface area contributed by atoms with Crippen molar-refractivity contribution in [2.24, 2.45) is 11.1 Å². The zero-order chi connectivity index (χ0) is 11.2. The number of ether oxygens (including phenoxy) is 1. The molecular weight excluding hydrogens is 174 g/mol. The largest absolute Gasteiger partial charge is 0.375 e. The highest BCUT2D eigenvalue weighted by atomic mass is 16.5. The van der Waals surface area contributed by atoms with Gasteiger partial charge in [0, 0.05) is 0 Å². The van der Waals surface area contributed by atoms with Crippen LogP contribution in [0, 0.1) is 5.41 Å². The second kappa shape index (κ2) is 5.72. The first kappa shape index (κ1) is 13.9. The Kier molecular flexibility index (Phi) is 5.68. The fraction of sp³-hybridized carbons (Fsp3) is 1.00. The summed E-state index contributed by atoms with van der Waals surface area (Å²) in [7, 11) is 0. The minimum atomic E-state index is 0.0139. The Bertz CT molecular complexity index is 152. The van der Waals surface area contributed by atoms with Crippen molar-refractivity contribution >= 4 is 0 Å². The third kappa shape index (κ3) is 6.39. The summed E-state index contributed by atoms with van der Waals surface area (Å²) >= 11 is 0. The lowest BCUT2D eigenvalue weighted by Crippen LogP contribution is -2.30. The Hall–Kier alpha value is -0.0800. The van der Waals surface area contributed by atoms with Crippen LogP contribution < -0.4 is 5.73 Å². The van der Waals surface area contributed by atoms with Gasteiger partial charge in [0.25, 0.3) is 0 Å². The topological polar surface area (TPSA) is 35.2 Å². The van der Waals surface area contributed by atoms with Crippen LogP contribution in [-0.4, -0.2) is 18.8 Å². The van der Waals surface area contributed by atoms with E-state index in [-0.39, 0.29) is 11.0 Å². The van der Waals surface area contributed by atoms with Gasteiger partial charge < -0.3 is 10.5 Å². The third-order valence-electron chi connectivity index (χ3n) is 2.76. The van der Waals surface area contributed by atoms with E-state index in [9.17, 15) is 0 Å². The van der Waals surface area contributed by atoms with Gasteiger partial charge in [-0.2, -0.15) is 0 Å². The van der Waals surface area contributed by atoms with Crippen LogP contribution in [0.5, 0.6) is 0 Å². The molecule has 0 bridgehead atoms. The Labute approximate surface area is 89.2 Å².